The number of nitrogens with one attached hydrogen (secondary N) is 1. The summed E-state index contributed by atoms with van der Waals surface area (Å²) >= 11 is 0. The van der Waals surface area contributed by atoms with Crippen molar-refractivity contribution in [3.63, 3.8) is 0 Å². The monoisotopic (exact) mass is 369 g/mol. The number of methoxy groups -OCH3 is 1. The van der Waals surface area contributed by atoms with Gasteiger partial charge in [-0.1, -0.05) is 12.1 Å². The molecular weight excluding hydrogens is 346 g/mol. The summed E-state index contributed by atoms with van der Waals surface area (Å²) in [7, 11) is 1.53. The number of esters is 1. The lowest BCUT2D eigenvalue weighted by Gasteiger charge is -2.13. The Labute approximate surface area is 158 Å². The van der Waals surface area contributed by atoms with E-state index in [4.69, 9.17) is 9.47 Å². The van der Waals surface area contributed by atoms with E-state index in [1.165, 1.54) is 14.0 Å². The van der Waals surface area contributed by atoms with Gasteiger partial charge in [-0.05, 0) is 62.2 Å². The summed E-state index contributed by atoms with van der Waals surface area (Å²) in [5.74, 6) is -0.748. The Kier molecular flexibility index (Phi) is 6.71. The molecule has 27 heavy (non-hydrogen) atoms. The predicted molar refractivity (Wildman–Crippen MR) is 101 cm³/mol. The third-order valence-electron chi connectivity index (χ3n) is 4.21. The van der Waals surface area contributed by atoms with Crippen molar-refractivity contribution >= 4 is 17.7 Å². The Balaban J connectivity index is 1.87. The molecule has 0 saturated heterocycles. The number of hydrogen-bond donors (Lipinski definition) is 1. The summed E-state index contributed by atoms with van der Waals surface area (Å²) in [5.41, 5.74) is 2.95. The van der Waals surface area contributed by atoms with Crippen LogP contribution in [0.1, 0.15) is 38.8 Å². The molecule has 0 unspecified atom stereocenters. The van der Waals surface area contributed by atoms with Crippen LogP contribution in [0.5, 0.6) is 5.75 Å². The van der Waals surface area contributed by atoms with Crippen LogP contribution in [0.25, 0.3) is 0 Å². The van der Waals surface area contributed by atoms with Crippen molar-refractivity contribution in [1.82, 2.24) is 5.32 Å². The molecule has 0 aliphatic heterocycles. The van der Waals surface area contributed by atoms with E-state index in [-0.39, 0.29) is 12.3 Å². The van der Waals surface area contributed by atoms with Gasteiger partial charge < -0.3 is 14.8 Å². The fraction of sp³-hybridized carbons (Fsp3) is 0.286. The van der Waals surface area contributed by atoms with Crippen LogP contribution in [-0.2, 0) is 9.53 Å². The van der Waals surface area contributed by atoms with Gasteiger partial charge in [0, 0.05) is 11.1 Å². The van der Waals surface area contributed by atoms with Crippen LogP contribution in [0.4, 0.5) is 0 Å². The molecule has 0 saturated carbocycles. The first kappa shape index (κ1) is 20.2. The van der Waals surface area contributed by atoms with Gasteiger partial charge in [0.25, 0.3) is 5.91 Å². The van der Waals surface area contributed by atoms with Crippen LogP contribution in [0.15, 0.2) is 42.5 Å². The third kappa shape index (κ3) is 5.41. The second kappa shape index (κ2) is 8.98. The highest BCUT2D eigenvalue weighted by Gasteiger charge is 2.20. The lowest BCUT2D eigenvalue weighted by Crippen LogP contribution is -2.34. The maximum Gasteiger partial charge on any atom is 0.326 e. The zero-order valence-electron chi connectivity index (χ0n) is 15.9. The molecular formula is C21H23NO5. The zero-order valence-corrected chi connectivity index (χ0v) is 15.9. The molecule has 0 radical (unpaired) electrons. The predicted octanol–water partition coefficient (Wildman–Crippen LogP) is 2.86. The Hall–Kier alpha value is -3.15. The van der Waals surface area contributed by atoms with E-state index in [0.29, 0.717) is 16.9 Å². The Morgan fingerprint density at radius 2 is 1.59 bits per heavy atom. The van der Waals surface area contributed by atoms with Crippen molar-refractivity contribution in [2.75, 3.05) is 13.7 Å². The lowest BCUT2D eigenvalue weighted by atomic mass is 10.0. The van der Waals surface area contributed by atoms with Crippen LogP contribution in [0.2, 0.25) is 0 Å². The largest absolute Gasteiger partial charge is 0.497 e. The molecule has 1 amide bonds. The summed E-state index contributed by atoms with van der Waals surface area (Å²) in [6, 6.07) is 11.8. The number of carbonyl (C=O) groups is 3. The van der Waals surface area contributed by atoms with Gasteiger partial charge in [0.1, 0.15) is 12.3 Å². The van der Waals surface area contributed by atoms with E-state index in [2.05, 4.69) is 5.32 Å². The standard InChI is InChI=1S/C21H23NO5/c1-13-5-6-17(11-14(13)2)20(24)15(3)27-19(23)12-22-21(25)16-7-9-18(26-4)10-8-16/h5-11,15H,12H2,1-4H3,(H,22,25)/t15-/m1/s1. The summed E-state index contributed by atoms with van der Waals surface area (Å²) in [6.07, 6.45) is -0.933. The van der Waals surface area contributed by atoms with Gasteiger partial charge in [0.05, 0.1) is 7.11 Å². The average molecular weight is 369 g/mol. The van der Waals surface area contributed by atoms with Crippen LogP contribution in [0, 0.1) is 13.8 Å². The first-order chi connectivity index (χ1) is 12.8. The number of hydrogen-bond acceptors (Lipinski definition) is 5. The number of rotatable bonds is 7. The summed E-state index contributed by atoms with van der Waals surface area (Å²) in [4.78, 5) is 36.4. The molecule has 0 bridgehead atoms. The van der Waals surface area contributed by atoms with E-state index < -0.39 is 18.0 Å². The molecule has 0 fully saturated rings. The zero-order chi connectivity index (χ0) is 20.0. The number of aryl methyl sites for hydroxylation is 2. The van der Waals surface area contributed by atoms with Gasteiger partial charge in [0.15, 0.2) is 6.10 Å². The maximum absolute atomic E-state index is 12.4. The second-order valence-electron chi connectivity index (χ2n) is 6.21. The number of benzene rings is 2. The van der Waals surface area contributed by atoms with Crippen LogP contribution in [0.3, 0.4) is 0 Å². The normalized spacial score (nSPS) is 11.4. The Bertz CT molecular complexity index is 842. The SMILES string of the molecule is COc1ccc(C(=O)NCC(=O)O[C@H](C)C(=O)c2ccc(C)c(C)c2)cc1. The first-order valence-electron chi connectivity index (χ1n) is 8.55. The lowest BCUT2D eigenvalue weighted by molar-refractivity contribution is -0.145. The number of Topliss-reactive ketones (excluding diaryl/α,β-unsaturated/α-hetero) is 1. The smallest absolute Gasteiger partial charge is 0.326 e. The Morgan fingerprint density at radius 3 is 2.19 bits per heavy atom. The highest BCUT2D eigenvalue weighted by molar-refractivity contribution is 6.01. The molecule has 0 heterocycles. The van der Waals surface area contributed by atoms with Crippen LogP contribution in [-0.4, -0.2) is 37.4 Å². The van der Waals surface area contributed by atoms with Gasteiger partial charge in [-0.25, -0.2) is 0 Å². The van der Waals surface area contributed by atoms with E-state index >= 15 is 0 Å². The average Bonchev–Trinajstić information content (AvgIpc) is 2.67. The van der Waals surface area contributed by atoms with Gasteiger partial charge in [-0.3, -0.25) is 14.4 Å². The van der Waals surface area contributed by atoms with Gasteiger partial charge in [-0.15, -0.1) is 0 Å². The van der Waals surface area contributed by atoms with E-state index in [1.54, 1.807) is 36.4 Å². The highest BCUT2D eigenvalue weighted by atomic mass is 16.5. The number of ether oxygens (including phenoxy) is 2. The van der Waals surface area contributed by atoms with Crippen LogP contribution >= 0.6 is 0 Å². The number of carbonyl (C=O) groups excluding carboxylic acids is 3. The second-order valence-corrected chi connectivity index (χ2v) is 6.21. The minimum absolute atomic E-state index is 0.284. The molecule has 6 heteroatoms. The van der Waals surface area contributed by atoms with Crippen molar-refractivity contribution < 1.29 is 23.9 Å². The molecule has 0 aliphatic rings. The molecule has 6 nitrogen and oxygen atoms in total. The summed E-state index contributed by atoms with van der Waals surface area (Å²) in [6.45, 7) is 5.06. The molecule has 0 aromatic heterocycles. The topological polar surface area (TPSA) is 81.7 Å². The van der Waals surface area contributed by atoms with E-state index in [9.17, 15) is 14.4 Å². The molecule has 142 valence electrons. The van der Waals surface area contributed by atoms with E-state index in [1.807, 2.05) is 19.9 Å². The number of amides is 1. The number of ketones is 1. The molecule has 0 spiro atoms. The van der Waals surface area contributed by atoms with Crippen molar-refractivity contribution in [1.29, 1.82) is 0 Å². The van der Waals surface area contributed by atoms with Crippen molar-refractivity contribution in [2.24, 2.45) is 0 Å². The summed E-state index contributed by atoms with van der Waals surface area (Å²) < 4.78 is 10.2. The fourth-order valence-electron chi connectivity index (χ4n) is 2.42. The van der Waals surface area contributed by atoms with Gasteiger partial charge >= 0.3 is 5.97 Å². The third-order valence-corrected chi connectivity index (χ3v) is 4.21. The van der Waals surface area contributed by atoms with Crippen molar-refractivity contribution in [3.8, 4) is 5.75 Å². The fourth-order valence-corrected chi connectivity index (χ4v) is 2.42. The minimum Gasteiger partial charge on any atom is -0.497 e. The molecule has 2 aromatic carbocycles. The molecule has 0 aliphatic carbocycles. The molecule has 1 N–H and O–H groups in total. The van der Waals surface area contributed by atoms with Crippen molar-refractivity contribution in [2.45, 2.75) is 26.9 Å². The quantitative estimate of drug-likeness (QED) is 0.599. The molecule has 1 atom stereocenters. The molecule has 2 aromatic rings. The maximum atomic E-state index is 12.4. The van der Waals surface area contributed by atoms with Gasteiger partial charge in [-0.2, -0.15) is 0 Å². The van der Waals surface area contributed by atoms with Crippen molar-refractivity contribution in [3.05, 3.63) is 64.7 Å². The van der Waals surface area contributed by atoms with E-state index in [0.717, 1.165) is 11.1 Å². The van der Waals surface area contributed by atoms with Crippen LogP contribution < -0.4 is 10.1 Å². The first-order valence-corrected chi connectivity index (χ1v) is 8.55. The highest BCUT2D eigenvalue weighted by Crippen LogP contribution is 2.13. The molecule has 2 rings (SSSR count). The van der Waals surface area contributed by atoms with Gasteiger partial charge in [0.2, 0.25) is 5.78 Å². The summed E-state index contributed by atoms with van der Waals surface area (Å²) in [5, 5.41) is 2.47. The Morgan fingerprint density at radius 1 is 0.963 bits per heavy atom. The minimum atomic E-state index is -0.933.